The number of halogens is 1. The lowest BCUT2D eigenvalue weighted by molar-refractivity contribution is 0.0982. The van der Waals surface area contributed by atoms with Crippen molar-refractivity contribution in [1.82, 2.24) is 9.78 Å². The van der Waals surface area contributed by atoms with Gasteiger partial charge in [-0.05, 0) is 31.0 Å². The number of benzene rings is 1. The standard InChI is InChI=1S/C14H15BrN2O/c1-10-3-4-11(9-13(10)15)14(18)6-5-12-7-8-16-17(12)2/h3-4,7-9H,5-6H2,1-2H3. The van der Waals surface area contributed by atoms with Crippen LogP contribution < -0.4 is 0 Å². The van der Waals surface area contributed by atoms with E-state index in [1.807, 2.05) is 38.2 Å². The highest BCUT2D eigenvalue weighted by Gasteiger charge is 2.09. The van der Waals surface area contributed by atoms with Crippen molar-refractivity contribution >= 4 is 21.7 Å². The Bertz CT molecular complexity index is 575. The molecule has 0 saturated carbocycles. The third kappa shape index (κ3) is 2.88. The van der Waals surface area contributed by atoms with Crippen molar-refractivity contribution in [3.63, 3.8) is 0 Å². The van der Waals surface area contributed by atoms with Crippen LogP contribution in [0, 0.1) is 6.92 Å². The predicted octanol–water partition coefficient (Wildman–Crippen LogP) is 3.31. The van der Waals surface area contributed by atoms with E-state index in [-0.39, 0.29) is 5.78 Å². The van der Waals surface area contributed by atoms with E-state index in [1.54, 1.807) is 10.9 Å². The van der Waals surface area contributed by atoms with E-state index < -0.39 is 0 Å². The van der Waals surface area contributed by atoms with Crippen molar-refractivity contribution in [2.75, 3.05) is 0 Å². The molecule has 0 aliphatic heterocycles. The molecule has 0 fully saturated rings. The van der Waals surface area contributed by atoms with Crippen LogP contribution in [-0.4, -0.2) is 15.6 Å². The monoisotopic (exact) mass is 306 g/mol. The lowest BCUT2D eigenvalue weighted by atomic mass is 10.0. The first-order chi connectivity index (χ1) is 8.58. The maximum absolute atomic E-state index is 12.1. The number of carbonyl (C=O) groups excluding carboxylic acids is 1. The van der Waals surface area contributed by atoms with Gasteiger partial charge in [-0.1, -0.05) is 28.1 Å². The first kappa shape index (κ1) is 13.0. The molecule has 1 heterocycles. The van der Waals surface area contributed by atoms with E-state index in [2.05, 4.69) is 21.0 Å². The fourth-order valence-corrected chi connectivity index (χ4v) is 2.18. The zero-order valence-electron chi connectivity index (χ0n) is 10.5. The van der Waals surface area contributed by atoms with Crippen molar-refractivity contribution in [3.05, 3.63) is 51.8 Å². The molecule has 1 aromatic carbocycles. The summed E-state index contributed by atoms with van der Waals surface area (Å²) < 4.78 is 2.78. The van der Waals surface area contributed by atoms with Gasteiger partial charge in [0.1, 0.15) is 0 Å². The van der Waals surface area contributed by atoms with E-state index in [9.17, 15) is 4.79 Å². The third-order valence-electron chi connectivity index (χ3n) is 3.02. The highest BCUT2D eigenvalue weighted by atomic mass is 79.9. The molecule has 0 unspecified atom stereocenters. The number of nitrogens with zero attached hydrogens (tertiary/aromatic N) is 2. The maximum Gasteiger partial charge on any atom is 0.163 e. The average Bonchev–Trinajstić information content (AvgIpc) is 2.75. The Hall–Kier alpha value is -1.42. The summed E-state index contributed by atoms with van der Waals surface area (Å²) in [7, 11) is 1.89. The highest BCUT2D eigenvalue weighted by molar-refractivity contribution is 9.10. The molecule has 3 nitrogen and oxygen atoms in total. The zero-order chi connectivity index (χ0) is 13.1. The zero-order valence-corrected chi connectivity index (χ0v) is 12.1. The first-order valence-electron chi connectivity index (χ1n) is 5.84. The molecule has 2 rings (SSSR count). The Morgan fingerprint density at radius 3 is 2.78 bits per heavy atom. The van der Waals surface area contributed by atoms with Gasteiger partial charge in [-0.25, -0.2) is 0 Å². The Labute approximate surface area is 115 Å². The topological polar surface area (TPSA) is 34.9 Å². The number of ketones is 1. The summed E-state index contributed by atoms with van der Waals surface area (Å²) in [5.74, 6) is 0.164. The van der Waals surface area contributed by atoms with E-state index in [1.165, 1.54) is 0 Å². The molecule has 18 heavy (non-hydrogen) atoms. The minimum absolute atomic E-state index is 0.164. The van der Waals surface area contributed by atoms with Gasteiger partial charge in [0.05, 0.1) is 0 Å². The molecule has 0 aliphatic carbocycles. The van der Waals surface area contributed by atoms with Crippen molar-refractivity contribution < 1.29 is 4.79 Å². The smallest absolute Gasteiger partial charge is 0.163 e. The second kappa shape index (κ2) is 5.48. The Morgan fingerprint density at radius 2 is 2.17 bits per heavy atom. The second-order valence-electron chi connectivity index (χ2n) is 4.33. The maximum atomic E-state index is 12.1. The van der Waals surface area contributed by atoms with Crippen molar-refractivity contribution in [1.29, 1.82) is 0 Å². The molecule has 0 aliphatic rings. The lowest BCUT2D eigenvalue weighted by Gasteiger charge is -2.04. The Morgan fingerprint density at radius 1 is 1.39 bits per heavy atom. The summed E-state index contributed by atoms with van der Waals surface area (Å²) in [4.78, 5) is 12.1. The summed E-state index contributed by atoms with van der Waals surface area (Å²) in [5, 5.41) is 4.09. The molecule has 0 radical (unpaired) electrons. The van der Waals surface area contributed by atoms with Gasteiger partial charge in [0.25, 0.3) is 0 Å². The van der Waals surface area contributed by atoms with Gasteiger partial charge in [0, 0.05) is 35.4 Å². The van der Waals surface area contributed by atoms with Crippen LogP contribution in [0.2, 0.25) is 0 Å². The molecule has 94 valence electrons. The summed E-state index contributed by atoms with van der Waals surface area (Å²) in [6.07, 6.45) is 2.98. The van der Waals surface area contributed by atoms with Crippen LogP contribution in [0.3, 0.4) is 0 Å². The number of aryl methyl sites for hydroxylation is 3. The lowest BCUT2D eigenvalue weighted by Crippen LogP contribution is -2.04. The van der Waals surface area contributed by atoms with Crippen molar-refractivity contribution in [3.8, 4) is 0 Å². The number of hydrogen-bond donors (Lipinski definition) is 0. The molecule has 0 amide bonds. The van der Waals surface area contributed by atoms with Crippen LogP contribution in [0.1, 0.15) is 28.0 Å². The number of carbonyl (C=O) groups is 1. The number of aromatic nitrogens is 2. The molecule has 2 aromatic rings. The number of hydrogen-bond acceptors (Lipinski definition) is 2. The van der Waals surface area contributed by atoms with Gasteiger partial charge < -0.3 is 0 Å². The van der Waals surface area contributed by atoms with Gasteiger partial charge in [0.2, 0.25) is 0 Å². The van der Waals surface area contributed by atoms with E-state index >= 15 is 0 Å². The normalized spacial score (nSPS) is 10.6. The average molecular weight is 307 g/mol. The SMILES string of the molecule is Cc1ccc(C(=O)CCc2ccnn2C)cc1Br. The largest absolute Gasteiger partial charge is 0.294 e. The Kier molecular flexibility index (Phi) is 3.97. The second-order valence-corrected chi connectivity index (χ2v) is 5.19. The third-order valence-corrected chi connectivity index (χ3v) is 3.88. The van der Waals surface area contributed by atoms with Crippen molar-refractivity contribution in [2.45, 2.75) is 19.8 Å². The minimum atomic E-state index is 0.164. The van der Waals surface area contributed by atoms with Crippen LogP contribution >= 0.6 is 15.9 Å². The summed E-state index contributed by atoms with van der Waals surface area (Å²) in [6.45, 7) is 2.01. The predicted molar refractivity (Wildman–Crippen MR) is 74.7 cm³/mol. The molecular weight excluding hydrogens is 292 g/mol. The van der Waals surface area contributed by atoms with Crippen LogP contribution in [0.5, 0.6) is 0 Å². The van der Waals surface area contributed by atoms with Crippen LogP contribution in [0.4, 0.5) is 0 Å². The van der Waals surface area contributed by atoms with Crippen molar-refractivity contribution in [2.24, 2.45) is 7.05 Å². The van der Waals surface area contributed by atoms with Crippen LogP contribution in [0.25, 0.3) is 0 Å². The molecule has 0 saturated heterocycles. The van der Waals surface area contributed by atoms with E-state index in [0.717, 1.165) is 27.7 Å². The summed E-state index contributed by atoms with van der Waals surface area (Å²) in [6, 6.07) is 7.67. The van der Waals surface area contributed by atoms with Gasteiger partial charge in [-0.15, -0.1) is 0 Å². The molecular formula is C14H15BrN2O. The molecule has 0 spiro atoms. The molecule has 0 N–H and O–H groups in total. The van der Waals surface area contributed by atoms with Crippen LogP contribution in [0.15, 0.2) is 34.9 Å². The fourth-order valence-electron chi connectivity index (χ4n) is 1.80. The van der Waals surface area contributed by atoms with E-state index in [0.29, 0.717) is 6.42 Å². The number of rotatable bonds is 4. The van der Waals surface area contributed by atoms with Gasteiger partial charge >= 0.3 is 0 Å². The quantitative estimate of drug-likeness (QED) is 0.812. The molecule has 0 atom stereocenters. The summed E-state index contributed by atoms with van der Waals surface area (Å²) >= 11 is 3.45. The van der Waals surface area contributed by atoms with Crippen LogP contribution in [-0.2, 0) is 13.5 Å². The minimum Gasteiger partial charge on any atom is -0.294 e. The van der Waals surface area contributed by atoms with Gasteiger partial charge in [-0.3, -0.25) is 9.48 Å². The molecule has 1 aromatic heterocycles. The molecule has 4 heteroatoms. The van der Waals surface area contributed by atoms with Gasteiger partial charge in [0.15, 0.2) is 5.78 Å². The number of Topliss-reactive ketones (excluding diaryl/α,β-unsaturated/α-hetero) is 1. The fraction of sp³-hybridized carbons (Fsp3) is 0.286. The van der Waals surface area contributed by atoms with Gasteiger partial charge in [-0.2, -0.15) is 5.10 Å². The molecule has 0 bridgehead atoms. The first-order valence-corrected chi connectivity index (χ1v) is 6.63. The highest BCUT2D eigenvalue weighted by Crippen LogP contribution is 2.19. The van der Waals surface area contributed by atoms with E-state index in [4.69, 9.17) is 0 Å². The summed E-state index contributed by atoms with van der Waals surface area (Å²) in [5.41, 5.74) is 2.97. The Balaban J connectivity index is 2.04.